The van der Waals surface area contributed by atoms with Gasteiger partial charge in [0.15, 0.2) is 0 Å². The number of rotatable bonds is 5. The molecule has 0 bridgehead atoms. The molecule has 0 radical (unpaired) electrons. The van der Waals surface area contributed by atoms with E-state index in [1.54, 1.807) is 11.3 Å². The first-order valence-electron chi connectivity index (χ1n) is 4.97. The molecule has 0 saturated carbocycles. The monoisotopic (exact) mass is 214 g/mol. The quantitative estimate of drug-likeness (QED) is 0.783. The van der Waals surface area contributed by atoms with Crippen LogP contribution in [0, 0.1) is 6.92 Å². The van der Waals surface area contributed by atoms with E-state index in [-0.39, 0.29) is 0 Å². The van der Waals surface area contributed by atoms with E-state index in [2.05, 4.69) is 17.2 Å². The van der Waals surface area contributed by atoms with Crippen molar-refractivity contribution in [1.29, 1.82) is 0 Å². The van der Waals surface area contributed by atoms with Gasteiger partial charge in [-0.1, -0.05) is 6.92 Å². The topological polar surface area (TPSA) is 45.2 Å². The van der Waals surface area contributed by atoms with Crippen molar-refractivity contribution in [2.24, 2.45) is 0 Å². The maximum atomic E-state index is 9.79. The summed E-state index contributed by atoms with van der Waals surface area (Å²) in [5.74, 6) is 0. The third-order valence-corrected chi connectivity index (χ3v) is 3.36. The van der Waals surface area contributed by atoms with Crippen LogP contribution >= 0.6 is 11.3 Å². The molecule has 0 aromatic carbocycles. The molecule has 0 aliphatic carbocycles. The zero-order valence-electron chi connectivity index (χ0n) is 9.00. The number of aromatic nitrogens is 1. The van der Waals surface area contributed by atoms with Crippen LogP contribution in [-0.4, -0.2) is 23.7 Å². The van der Waals surface area contributed by atoms with Crippen LogP contribution in [0.15, 0.2) is 0 Å². The van der Waals surface area contributed by atoms with Crippen LogP contribution in [0.4, 0.5) is 0 Å². The largest absolute Gasteiger partial charge is 0.386 e. The molecule has 0 amide bonds. The van der Waals surface area contributed by atoms with Gasteiger partial charge in [-0.2, -0.15) is 0 Å². The first kappa shape index (κ1) is 11.6. The van der Waals surface area contributed by atoms with E-state index in [1.807, 2.05) is 14.0 Å². The highest BCUT2D eigenvalue weighted by Gasteiger charge is 2.14. The molecule has 0 fully saturated rings. The molecule has 3 nitrogen and oxygen atoms in total. The number of hydrogen-bond donors (Lipinski definition) is 2. The second kappa shape index (κ2) is 5.44. The molecule has 1 heterocycles. The van der Waals surface area contributed by atoms with Crippen LogP contribution in [0.5, 0.6) is 0 Å². The van der Waals surface area contributed by atoms with Gasteiger partial charge in [0, 0.05) is 6.54 Å². The van der Waals surface area contributed by atoms with Crippen LogP contribution < -0.4 is 5.32 Å². The van der Waals surface area contributed by atoms with Crippen molar-refractivity contribution in [3.8, 4) is 0 Å². The van der Waals surface area contributed by atoms with Crippen LogP contribution in [0.25, 0.3) is 0 Å². The highest BCUT2D eigenvalue weighted by Crippen LogP contribution is 2.25. The van der Waals surface area contributed by atoms with Gasteiger partial charge in [-0.25, -0.2) is 4.98 Å². The number of nitrogens with one attached hydrogen (secondary N) is 1. The van der Waals surface area contributed by atoms with E-state index in [0.717, 1.165) is 28.4 Å². The van der Waals surface area contributed by atoms with Crippen LogP contribution in [0.3, 0.4) is 0 Å². The number of aliphatic hydroxyl groups is 1. The lowest BCUT2D eigenvalue weighted by molar-refractivity contribution is 0.180. The molecule has 4 heteroatoms. The fourth-order valence-corrected chi connectivity index (χ4v) is 2.54. The first-order chi connectivity index (χ1) is 6.69. The second-order valence-electron chi connectivity index (χ2n) is 3.38. The SMILES string of the molecule is CCCc1nc(C)c(C(O)CNC)s1. The number of thiazole rings is 1. The third kappa shape index (κ3) is 2.77. The Morgan fingerprint density at radius 2 is 2.29 bits per heavy atom. The summed E-state index contributed by atoms with van der Waals surface area (Å²) in [5, 5.41) is 13.9. The summed E-state index contributed by atoms with van der Waals surface area (Å²) >= 11 is 1.63. The van der Waals surface area contributed by atoms with E-state index in [9.17, 15) is 5.11 Å². The van der Waals surface area contributed by atoms with E-state index in [4.69, 9.17) is 0 Å². The fraction of sp³-hybridized carbons (Fsp3) is 0.700. The van der Waals surface area contributed by atoms with Crippen molar-refractivity contribution in [3.63, 3.8) is 0 Å². The molecule has 0 aliphatic rings. The third-order valence-electron chi connectivity index (χ3n) is 2.04. The van der Waals surface area contributed by atoms with Crippen molar-refractivity contribution in [1.82, 2.24) is 10.3 Å². The van der Waals surface area contributed by atoms with Gasteiger partial charge in [0.25, 0.3) is 0 Å². The molecule has 1 unspecified atom stereocenters. The van der Waals surface area contributed by atoms with Crippen molar-refractivity contribution in [2.45, 2.75) is 32.8 Å². The van der Waals surface area contributed by atoms with Gasteiger partial charge in [0.1, 0.15) is 6.10 Å². The Morgan fingerprint density at radius 3 is 2.86 bits per heavy atom. The number of aliphatic hydroxyl groups excluding tert-OH is 1. The van der Waals surface area contributed by atoms with Crippen LogP contribution in [0.2, 0.25) is 0 Å². The van der Waals surface area contributed by atoms with Crippen molar-refractivity contribution in [2.75, 3.05) is 13.6 Å². The van der Waals surface area contributed by atoms with Gasteiger partial charge in [-0.15, -0.1) is 11.3 Å². The van der Waals surface area contributed by atoms with Gasteiger partial charge < -0.3 is 10.4 Å². The number of likely N-dealkylation sites (N-methyl/N-ethyl adjacent to an activating group) is 1. The minimum atomic E-state index is -0.414. The van der Waals surface area contributed by atoms with Crippen molar-refractivity contribution in [3.05, 3.63) is 15.6 Å². The van der Waals surface area contributed by atoms with E-state index >= 15 is 0 Å². The predicted octanol–water partition coefficient (Wildman–Crippen LogP) is 1.66. The molecular weight excluding hydrogens is 196 g/mol. The molecular formula is C10H18N2OS. The predicted molar refractivity (Wildman–Crippen MR) is 59.7 cm³/mol. The maximum Gasteiger partial charge on any atom is 0.102 e. The molecule has 1 aromatic heterocycles. The summed E-state index contributed by atoms with van der Waals surface area (Å²) in [6, 6.07) is 0. The molecule has 1 atom stereocenters. The summed E-state index contributed by atoms with van der Waals surface area (Å²) < 4.78 is 0. The minimum absolute atomic E-state index is 0.414. The smallest absolute Gasteiger partial charge is 0.102 e. The maximum absolute atomic E-state index is 9.79. The Labute approximate surface area is 89.2 Å². The summed E-state index contributed by atoms with van der Waals surface area (Å²) in [5.41, 5.74) is 0.973. The van der Waals surface area contributed by atoms with Crippen molar-refractivity contribution < 1.29 is 5.11 Å². The van der Waals surface area contributed by atoms with Gasteiger partial charge in [-0.3, -0.25) is 0 Å². The normalized spacial score (nSPS) is 13.1. The summed E-state index contributed by atoms with van der Waals surface area (Å²) in [4.78, 5) is 5.44. The standard InChI is InChI=1S/C10H18N2OS/c1-4-5-9-12-7(2)10(14-9)8(13)6-11-3/h8,11,13H,4-6H2,1-3H3. The first-order valence-corrected chi connectivity index (χ1v) is 5.79. The van der Waals surface area contributed by atoms with Gasteiger partial charge >= 0.3 is 0 Å². The fourth-order valence-electron chi connectivity index (χ4n) is 1.38. The van der Waals surface area contributed by atoms with E-state index < -0.39 is 6.10 Å². The highest BCUT2D eigenvalue weighted by atomic mass is 32.1. The molecule has 0 aliphatic heterocycles. The van der Waals surface area contributed by atoms with Gasteiger partial charge in [0.05, 0.1) is 15.6 Å². The molecule has 0 spiro atoms. The van der Waals surface area contributed by atoms with Crippen LogP contribution in [0.1, 0.15) is 35.0 Å². The zero-order valence-corrected chi connectivity index (χ0v) is 9.82. The van der Waals surface area contributed by atoms with Gasteiger partial charge in [0.2, 0.25) is 0 Å². The Balaban J connectivity index is 2.75. The molecule has 14 heavy (non-hydrogen) atoms. The average Bonchev–Trinajstić information content (AvgIpc) is 2.48. The molecule has 2 N–H and O–H groups in total. The van der Waals surface area contributed by atoms with Crippen LogP contribution in [-0.2, 0) is 6.42 Å². The lowest BCUT2D eigenvalue weighted by Crippen LogP contribution is -2.16. The number of nitrogens with zero attached hydrogens (tertiary/aromatic N) is 1. The lowest BCUT2D eigenvalue weighted by atomic mass is 10.2. The minimum Gasteiger partial charge on any atom is -0.386 e. The molecule has 0 saturated heterocycles. The van der Waals surface area contributed by atoms with Crippen molar-refractivity contribution >= 4 is 11.3 Å². The number of hydrogen-bond acceptors (Lipinski definition) is 4. The average molecular weight is 214 g/mol. The Bertz CT molecular complexity index is 286. The Kier molecular flexibility index (Phi) is 4.51. The lowest BCUT2D eigenvalue weighted by Gasteiger charge is -2.07. The molecule has 1 aromatic rings. The van der Waals surface area contributed by atoms with Gasteiger partial charge in [-0.05, 0) is 26.8 Å². The molecule has 1 rings (SSSR count). The van der Waals surface area contributed by atoms with E-state index in [1.165, 1.54) is 0 Å². The number of aryl methyl sites for hydroxylation is 2. The zero-order chi connectivity index (χ0) is 10.6. The Morgan fingerprint density at radius 1 is 1.57 bits per heavy atom. The summed E-state index contributed by atoms with van der Waals surface area (Å²) in [6.45, 7) is 4.69. The second-order valence-corrected chi connectivity index (χ2v) is 4.50. The Hall–Kier alpha value is -0.450. The summed E-state index contributed by atoms with van der Waals surface area (Å²) in [7, 11) is 1.84. The summed E-state index contributed by atoms with van der Waals surface area (Å²) in [6.07, 6.45) is 1.70. The highest BCUT2D eigenvalue weighted by molar-refractivity contribution is 7.11. The van der Waals surface area contributed by atoms with E-state index in [0.29, 0.717) is 6.54 Å². The molecule has 80 valence electrons.